The van der Waals surface area contributed by atoms with Crippen LogP contribution in [0.5, 0.6) is 0 Å². The van der Waals surface area contributed by atoms with Crippen LogP contribution in [0.15, 0.2) is 53.3 Å². The minimum atomic E-state index is -0.199. The Balaban J connectivity index is 2.08. The van der Waals surface area contributed by atoms with Gasteiger partial charge in [-0.05, 0) is 17.7 Å². The number of hydrogen-bond donors (Lipinski definition) is 1. The molecule has 0 bridgehead atoms. The summed E-state index contributed by atoms with van der Waals surface area (Å²) in [5.74, 6) is 0.400. The largest absolute Gasteiger partial charge is 0.289 e. The van der Waals surface area contributed by atoms with Crippen LogP contribution in [-0.4, -0.2) is 20.0 Å². The van der Waals surface area contributed by atoms with Gasteiger partial charge >= 0.3 is 0 Å². The summed E-state index contributed by atoms with van der Waals surface area (Å²) in [7, 11) is 0. The minimum absolute atomic E-state index is 0.199. The molecule has 5 nitrogen and oxygen atoms in total. The molecular formula is C13H9ClN4O. The molecular weight excluding hydrogens is 264 g/mol. The normalized spacial score (nSPS) is 10.6. The third kappa shape index (κ3) is 2.28. The fraction of sp³-hybridized carbons (Fsp3) is 0. The Labute approximate surface area is 113 Å². The average molecular weight is 273 g/mol. The zero-order valence-electron chi connectivity index (χ0n) is 9.75. The van der Waals surface area contributed by atoms with Gasteiger partial charge in [-0.15, -0.1) is 10.2 Å². The first-order valence-corrected chi connectivity index (χ1v) is 5.99. The molecule has 3 aromatic rings. The molecule has 0 saturated carbocycles. The maximum Gasteiger partial charge on any atom is 0.273 e. The van der Waals surface area contributed by atoms with Crippen LogP contribution in [0.1, 0.15) is 0 Å². The molecule has 0 unspecified atom stereocenters. The Morgan fingerprint density at radius 2 is 1.84 bits per heavy atom. The van der Waals surface area contributed by atoms with Crippen molar-refractivity contribution in [3.63, 3.8) is 0 Å². The lowest BCUT2D eigenvalue weighted by Crippen LogP contribution is -2.15. The van der Waals surface area contributed by atoms with Gasteiger partial charge in [-0.2, -0.15) is 4.68 Å². The summed E-state index contributed by atoms with van der Waals surface area (Å²) in [5, 5.41) is 10.9. The smallest absolute Gasteiger partial charge is 0.273 e. The van der Waals surface area contributed by atoms with Crippen LogP contribution in [0.3, 0.4) is 0 Å². The van der Waals surface area contributed by atoms with Crippen LogP contribution in [0.2, 0.25) is 5.15 Å². The van der Waals surface area contributed by atoms with E-state index in [1.165, 1.54) is 10.7 Å². The number of H-pyrrole nitrogens is 1. The van der Waals surface area contributed by atoms with Gasteiger partial charge in [0.2, 0.25) is 0 Å². The Bertz CT molecular complexity index is 746. The van der Waals surface area contributed by atoms with E-state index in [9.17, 15) is 4.79 Å². The van der Waals surface area contributed by atoms with Gasteiger partial charge in [0.05, 0.1) is 5.69 Å². The summed E-state index contributed by atoms with van der Waals surface area (Å²) in [4.78, 5) is 11.9. The second-order valence-corrected chi connectivity index (χ2v) is 4.31. The van der Waals surface area contributed by atoms with Crippen molar-refractivity contribution in [3.8, 4) is 17.1 Å². The zero-order chi connectivity index (χ0) is 13.2. The maximum atomic E-state index is 11.9. The Morgan fingerprint density at radius 1 is 1.05 bits per heavy atom. The lowest BCUT2D eigenvalue weighted by atomic mass is 10.2. The first kappa shape index (κ1) is 11.7. The molecule has 94 valence electrons. The third-order valence-electron chi connectivity index (χ3n) is 2.65. The Hall–Kier alpha value is -2.40. The quantitative estimate of drug-likeness (QED) is 0.778. The maximum absolute atomic E-state index is 11.9. The summed E-state index contributed by atoms with van der Waals surface area (Å²) in [6, 6.07) is 14.3. The van der Waals surface area contributed by atoms with Gasteiger partial charge in [-0.1, -0.05) is 41.9 Å². The molecule has 0 aliphatic carbocycles. The third-order valence-corrected chi connectivity index (χ3v) is 2.85. The first-order valence-electron chi connectivity index (χ1n) is 5.61. The molecule has 3 rings (SSSR count). The fourth-order valence-corrected chi connectivity index (χ4v) is 1.86. The highest BCUT2D eigenvalue weighted by Crippen LogP contribution is 2.15. The van der Waals surface area contributed by atoms with Crippen LogP contribution < -0.4 is 5.56 Å². The topological polar surface area (TPSA) is 63.6 Å². The van der Waals surface area contributed by atoms with E-state index in [4.69, 9.17) is 11.6 Å². The first-order chi connectivity index (χ1) is 9.24. The summed E-state index contributed by atoms with van der Waals surface area (Å²) in [6.07, 6.45) is 0. The van der Waals surface area contributed by atoms with Crippen LogP contribution in [-0.2, 0) is 0 Å². The van der Waals surface area contributed by atoms with Crippen molar-refractivity contribution in [2.24, 2.45) is 0 Å². The van der Waals surface area contributed by atoms with Crippen molar-refractivity contribution in [3.05, 3.63) is 64.0 Å². The molecule has 0 aliphatic heterocycles. The average Bonchev–Trinajstić information content (AvgIpc) is 2.83. The van der Waals surface area contributed by atoms with E-state index in [1.54, 1.807) is 12.1 Å². The van der Waals surface area contributed by atoms with Gasteiger partial charge in [-0.3, -0.25) is 9.89 Å². The van der Waals surface area contributed by atoms with Gasteiger partial charge in [-0.25, -0.2) is 0 Å². The Morgan fingerprint density at radius 3 is 2.53 bits per heavy atom. The number of hydrogen-bond acceptors (Lipinski definition) is 3. The molecule has 0 spiro atoms. The number of nitrogens with zero attached hydrogens (tertiary/aromatic N) is 3. The molecule has 6 heteroatoms. The van der Waals surface area contributed by atoms with Crippen molar-refractivity contribution in [2.75, 3.05) is 0 Å². The lowest BCUT2D eigenvalue weighted by Gasteiger charge is -2.00. The molecule has 0 atom stereocenters. The van der Waals surface area contributed by atoms with Gasteiger partial charge in [0.1, 0.15) is 0 Å². The van der Waals surface area contributed by atoms with Gasteiger partial charge in [0.25, 0.3) is 5.56 Å². The van der Waals surface area contributed by atoms with Gasteiger partial charge in [0, 0.05) is 6.07 Å². The number of aromatic nitrogens is 4. The van der Waals surface area contributed by atoms with Crippen LogP contribution in [0, 0.1) is 0 Å². The van der Waals surface area contributed by atoms with Crippen molar-refractivity contribution in [2.45, 2.75) is 0 Å². The molecule has 1 aromatic carbocycles. The number of halogens is 1. The predicted octanol–water partition coefficient (Wildman–Crippen LogP) is 2.28. The van der Waals surface area contributed by atoms with E-state index < -0.39 is 0 Å². The number of nitrogens with one attached hydrogen (secondary N) is 1. The second kappa shape index (κ2) is 4.70. The van der Waals surface area contributed by atoms with E-state index in [1.807, 2.05) is 30.3 Å². The fourth-order valence-electron chi connectivity index (χ4n) is 1.76. The number of aromatic amines is 1. The van der Waals surface area contributed by atoms with Crippen LogP contribution in [0.25, 0.3) is 17.1 Å². The summed E-state index contributed by atoms with van der Waals surface area (Å²) >= 11 is 5.67. The molecule has 1 N–H and O–H groups in total. The molecule has 2 heterocycles. The van der Waals surface area contributed by atoms with E-state index in [-0.39, 0.29) is 10.7 Å². The molecule has 0 amide bonds. The van der Waals surface area contributed by atoms with Crippen molar-refractivity contribution in [1.82, 2.24) is 20.0 Å². The van der Waals surface area contributed by atoms with Crippen LogP contribution in [0.4, 0.5) is 0 Å². The summed E-state index contributed by atoms with van der Waals surface area (Å²) in [5.41, 5.74) is 1.46. The van der Waals surface area contributed by atoms with E-state index in [0.717, 1.165) is 11.3 Å². The van der Waals surface area contributed by atoms with Gasteiger partial charge in [0.15, 0.2) is 11.0 Å². The number of rotatable bonds is 2. The summed E-state index contributed by atoms with van der Waals surface area (Å²) < 4.78 is 1.33. The molecule has 19 heavy (non-hydrogen) atoms. The zero-order valence-corrected chi connectivity index (χ0v) is 10.5. The number of benzene rings is 1. The van der Waals surface area contributed by atoms with Crippen molar-refractivity contribution < 1.29 is 0 Å². The highest BCUT2D eigenvalue weighted by atomic mass is 35.5. The lowest BCUT2D eigenvalue weighted by molar-refractivity contribution is 0.793. The highest BCUT2D eigenvalue weighted by Gasteiger charge is 2.07. The molecule has 2 aromatic heterocycles. The molecule has 0 aliphatic rings. The van der Waals surface area contributed by atoms with E-state index in [0.29, 0.717) is 5.82 Å². The monoisotopic (exact) mass is 272 g/mol. The van der Waals surface area contributed by atoms with E-state index in [2.05, 4.69) is 15.3 Å². The van der Waals surface area contributed by atoms with E-state index >= 15 is 0 Å². The second-order valence-electron chi connectivity index (χ2n) is 3.92. The van der Waals surface area contributed by atoms with Gasteiger partial charge < -0.3 is 0 Å². The van der Waals surface area contributed by atoms with Crippen LogP contribution >= 0.6 is 11.6 Å². The predicted molar refractivity (Wildman–Crippen MR) is 72.4 cm³/mol. The standard InChI is InChI=1S/C13H9ClN4O/c14-11-6-7-12(16-15-11)18-13(19)8-10(17-18)9-4-2-1-3-5-9/h1-8,17H. The Kier molecular flexibility index (Phi) is 2.89. The molecule has 0 fully saturated rings. The van der Waals surface area contributed by atoms with Crippen molar-refractivity contribution >= 4 is 11.6 Å². The molecule has 0 saturated heterocycles. The summed E-state index contributed by atoms with van der Waals surface area (Å²) in [6.45, 7) is 0. The highest BCUT2D eigenvalue weighted by molar-refractivity contribution is 6.29. The van der Waals surface area contributed by atoms with Crippen molar-refractivity contribution in [1.29, 1.82) is 0 Å². The SMILES string of the molecule is O=c1cc(-c2ccccc2)[nH]n1-c1ccc(Cl)nn1. The molecule has 0 radical (unpaired) electrons. The minimum Gasteiger partial charge on any atom is -0.289 e.